The Morgan fingerprint density at radius 1 is 1.28 bits per heavy atom. The van der Waals surface area contributed by atoms with Crippen LogP contribution in [0.3, 0.4) is 0 Å². The van der Waals surface area contributed by atoms with Gasteiger partial charge in [0.2, 0.25) is 5.91 Å². The molecule has 0 aliphatic carbocycles. The van der Waals surface area contributed by atoms with Crippen molar-refractivity contribution in [1.82, 2.24) is 10.6 Å². The van der Waals surface area contributed by atoms with Crippen LogP contribution in [0.25, 0.3) is 0 Å². The molecule has 1 amide bonds. The lowest BCUT2D eigenvalue weighted by Gasteiger charge is -2.28. The number of amides is 1. The number of carbonyl (C=O) groups excluding carboxylic acids is 1. The third-order valence-corrected chi connectivity index (χ3v) is 4.59. The molecular formula is C20H23FN2O2. The standard InChI is InChI=1S/C20H23FN2O2/c1-13(12-18(24)15-6-8-16(21)9-7-15)23-20(25)19-17-5-3-2-4-14(17)10-11-22-19/h2-9,13,18-19,22,24H,10-12H2,1H3,(H,23,25). The molecule has 0 aromatic heterocycles. The van der Waals surface area contributed by atoms with Crippen LogP contribution in [0.15, 0.2) is 48.5 Å². The quantitative estimate of drug-likeness (QED) is 0.783. The minimum Gasteiger partial charge on any atom is -0.388 e. The number of fused-ring (bicyclic) bond motifs is 1. The summed E-state index contributed by atoms with van der Waals surface area (Å²) in [6.07, 6.45) is 0.535. The lowest BCUT2D eigenvalue weighted by molar-refractivity contribution is -0.124. The maximum atomic E-state index is 13.0. The first-order chi connectivity index (χ1) is 12.0. The Bertz CT molecular complexity index is 733. The summed E-state index contributed by atoms with van der Waals surface area (Å²) >= 11 is 0. The summed E-state index contributed by atoms with van der Waals surface area (Å²) in [5, 5.41) is 16.5. The van der Waals surface area contributed by atoms with Gasteiger partial charge in [-0.1, -0.05) is 36.4 Å². The summed E-state index contributed by atoms with van der Waals surface area (Å²) in [5.74, 6) is -0.426. The monoisotopic (exact) mass is 342 g/mol. The first-order valence-corrected chi connectivity index (χ1v) is 8.59. The van der Waals surface area contributed by atoms with Crippen molar-refractivity contribution in [2.75, 3.05) is 6.54 Å². The minimum absolute atomic E-state index is 0.0917. The van der Waals surface area contributed by atoms with E-state index in [2.05, 4.69) is 16.7 Å². The smallest absolute Gasteiger partial charge is 0.241 e. The molecule has 0 fully saturated rings. The molecule has 3 atom stereocenters. The number of benzene rings is 2. The molecule has 2 aromatic carbocycles. The topological polar surface area (TPSA) is 61.4 Å². The Hall–Kier alpha value is -2.24. The van der Waals surface area contributed by atoms with Gasteiger partial charge in [-0.15, -0.1) is 0 Å². The summed E-state index contributed by atoms with van der Waals surface area (Å²) in [6.45, 7) is 2.63. The molecule has 0 saturated carbocycles. The van der Waals surface area contributed by atoms with Crippen LogP contribution in [0.2, 0.25) is 0 Å². The fourth-order valence-corrected chi connectivity index (χ4v) is 3.28. The zero-order valence-electron chi connectivity index (χ0n) is 14.2. The summed E-state index contributed by atoms with van der Waals surface area (Å²) in [7, 11) is 0. The highest BCUT2D eigenvalue weighted by Gasteiger charge is 2.27. The van der Waals surface area contributed by atoms with Crippen LogP contribution in [0.1, 0.15) is 42.2 Å². The Labute approximate surface area is 147 Å². The number of nitrogens with one attached hydrogen (secondary N) is 2. The minimum atomic E-state index is -0.748. The van der Waals surface area contributed by atoms with E-state index in [1.54, 1.807) is 12.1 Å². The van der Waals surface area contributed by atoms with Crippen molar-refractivity contribution in [2.24, 2.45) is 0 Å². The Kier molecular flexibility index (Phi) is 5.46. The maximum absolute atomic E-state index is 13.0. The molecule has 2 aromatic rings. The third kappa shape index (κ3) is 4.24. The highest BCUT2D eigenvalue weighted by molar-refractivity contribution is 5.84. The lowest BCUT2D eigenvalue weighted by Crippen LogP contribution is -2.44. The summed E-state index contributed by atoms with van der Waals surface area (Å²) < 4.78 is 13.0. The van der Waals surface area contributed by atoms with Crippen LogP contribution in [0, 0.1) is 5.82 Å². The van der Waals surface area contributed by atoms with Gasteiger partial charge in [0.15, 0.2) is 0 Å². The van der Waals surface area contributed by atoms with E-state index < -0.39 is 6.10 Å². The van der Waals surface area contributed by atoms with Crippen LogP contribution >= 0.6 is 0 Å². The molecule has 1 aliphatic rings. The highest BCUT2D eigenvalue weighted by Crippen LogP contribution is 2.24. The van der Waals surface area contributed by atoms with Crippen molar-refractivity contribution >= 4 is 5.91 Å². The van der Waals surface area contributed by atoms with Crippen molar-refractivity contribution in [3.63, 3.8) is 0 Å². The van der Waals surface area contributed by atoms with E-state index >= 15 is 0 Å². The average molecular weight is 342 g/mol. The van der Waals surface area contributed by atoms with Gasteiger partial charge in [-0.05, 0) is 48.6 Å². The third-order valence-electron chi connectivity index (χ3n) is 4.59. The molecule has 4 nitrogen and oxygen atoms in total. The largest absolute Gasteiger partial charge is 0.388 e. The zero-order valence-corrected chi connectivity index (χ0v) is 14.2. The van der Waals surface area contributed by atoms with Gasteiger partial charge in [0.25, 0.3) is 0 Å². The van der Waals surface area contributed by atoms with Crippen molar-refractivity contribution in [3.8, 4) is 0 Å². The molecular weight excluding hydrogens is 319 g/mol. The molecule has 3 N–H and O–H groups in total. The fourth-order valence-electron chi connectivity index (χ4n) is 3.28. The Morgan fingerprint density at radius 2 is 2.00 bits per heavy atom. The predicted octanol–water partition coefficient (Wildman–Crippen LogP) is 2.64. The molecule has 25 heavy (non-hydrogen) atoms. The molecule has 0 spiro atoms. The normalized spacial score (nSPS) is 18.9. The van der Waals surface area contributed by atoms with Gasteiger partial charge in [0.05, 0.1) is 6.10 Å². The van der Waals surface area contributed by atoms with E-state index in [4.69, 9.17) is 0 Å². The van der Waals surface area contributed by atoms with E-state index in [-0.39, 0.29) is 23.8 Å². The zero-order chi connectivity index (χ0) is 17.8. The fraction of sp³-hybridized carbons (Fsp3) is 0.350. The molecule has 0 radical (unpaired) electrons. The van der Waals surface area contributed by atoms with Gasteiger partial charge in [-0.3, -0.25) is 4.79 Å². The van der Waals surface area contributed by atoms with E-state index in [1.165, 1.54) is 17.7 Å². The number of aliphatic hydroxyl groups excluding tert-OH is 1. The molecule has 1 heterocycles. The van der Waals surface area contributed by atoms with Gasteiger partial charge >= 0.3 is 0 Å². The van der Waals surface area contributed by atoms with E-state index in [9.17, 15) is 14.3 Å². The van der Waals surface area contributed by atoms with Crippen molar-refractivity contribution in [1.29, 1.82) is 0 Å². The lowest BCUT2D eigenvalue weighted by atomic mass is 9.93. The Morgan fingerprint density at radius 3 is 2.76 bits per heavy atom. The number of carbonyl (C=O) groups is 1. The number of halogens is 1. The van der Waals surface area contributed by atoms with Crippen molar-refractivity contribution in [2.45, 2.75) is 38.0 Å². The number of aliphatic hydroxyl groups is 1. The summed E-state index contributed by atoms with van der Waals surface area (Å²) in [5.41, 5.74) is 2.85. The van der Waals surface area contributed by atoms with Gasteiger partial charge in [0, 0.05) is 12.6 Å². The van der Waals surface area contributed by atoms with Gasteiger partial charge in [0.1, 0.15) is 11.9 Å². The number of rotatable bonds is 5. The Balaban J connectivity index is 1.60. The summed E-state index contributed by atoms with van der Waals surface area (Å²) in [4.78, 5) is 12.6. The first kappa shape index (κ1) is 17.6. The highest BCUT2D eigenvalue weighted by atomic mass is 19.1. The molecule has 132 valence electrons. The second-order valence-corrected chi connectivity index (χ2v) is 6.55. The van der Waals surface area contributed by atoms with Crippen LogP contribution in [0.4, 0.5) is 4.39 Å². The van der Waals surface area contributed by atoms with E-state index in [1.807, 2.05) is 25.1 Å². The number of hydrogen-bond acceptors (Lipinski definition) is 3. The molecule has 1 aliphatic heterocycles. The summed E-state index contributed by atoms with van der Waals surface area (Å²) in [6, 6.07) is 13.2. The van der Waals surface area contributed by atoms with Gasteiger partial charge < -0.3 is 15.7 Å². The molecule has 3 unspecified atom stereocenters. The maximum Gasteiger partial charge on any atom is 0.241 e. The second-order valence-electron chi connectivity index (χ2n) is 6.55. The molecule has 0 bridgehead atoms. The van der Waals surface area contributed by atoms with Crippen LogP contribution in [-0.2, 0) is 11.2 Å². The van der Waals surface area contributed by atoms with Crippen molar-refractivity contribution < 1.29 is 14.3 Å². The van der Waals surface area contributed by atoms with Crippen molar-refractivity contribution in [3.05, 3.63) is 71.0 Å². The van der Waals surface area contributed by atoms with Crippen LogP contribution in [-0.4, -0.2) is 23.6 Å². The van der Waals surface area contributed by atoms with Crippen LogP contribution in [0.5, 0.6) is 0 Å². The molecule has 3 rings (SSSR count). The first-order valence-electron chi connectivity index (χ1n) is 8.59. The predicted molar refractivity (Wildman–Crippen MR) is 94.5 cm³/mol. The number of hydrogen-bond donors (Lipinski definition) is 3. The van der Waals surface area contributed by atoms with E-state index in [0.29, 0.717) is 12.0 Å². The van der Waals surface area contributed by atoms with Gasteiger partial charge in [-0.25, -0.2) is 4.39 Å². The van der Waals surface area contributed by atoms with E-state index in [0.717, 1.165) is 18.5 Å². The van der Waals surface area contributed by atoms with Gasteiger partial charge in [-0.2, -0.15) is 0 Å². The van der Waals surface area contributed by atoms with Crippen LogP contribution < -0.4 is 10.6 Å². The molecule has 0 saturated heterocycles. The second kappa shape index (κ2) is 7.76. The SMILES string of the molecule is CC(CC(O)c1ccc(F)cc1)NC(=O)C1NCCc2ccccc21. The average Bonchev–Trinajstić information content (AvgIpc) is 2.61. The molecule has 5 heteroatoms.